The quantitative estimate of drug-likeness (QED) is 0.306. The van der Waals surface area contributed by atoms with Gasteiger partial charge in [-0.25, -0.2) is 19.6 Å². The van der Waals surface area contributed by atoms with E-state index in [-0.39, 0.29) is 0 Å². The number of rotatable bonds is 4. The number of hydrogen-bond donors (Lipinski definition) is 1. The van der Waals surface area contributed by atoms with Crippen molar-refractivity contribution in [2.45, 2.75) is 51.6 Å². The molecule has 0 atom stereocenters. The highest BCUT2D eigenvalue weighted by Crippen LogP contribution is 2.38. The van der Waals surface area contributed by atoms with Crippen LogP contribution >= 0.6 is 11.3 Å². The first-order valence-electron chi connectivity index (χ1n) is 14.3. The number of aromatic nitrogens is 5. The maximum absolute atomic E-state index is 6.43. The van der Waals surface area contributed by atoms with Crippen molar-refractivity contribution in [1.82, 2.24) is 34.5 Å². The fourth-order valence-electron chi connectivity index (χ4n) is 6.58. The summed E-state index contributed by atoms with van der Waals surface area (Å²) in [7, 11) is 2.22. The van der Waals surface area contributed by atoms with E-state index in [1.54, 1.807) is 17.7 Å². The van der Waals surface area contributed by atoms with E-state index < -0.39 is 0 Å². The highest BCUT2D eigenvalue weighted by atomic mass is 32.1. The SMILES string of the molecule is Cc1cc(C)c2sc(-c3ccc(-c4nn(C5CCC(N6CCN(C)CC6)CC5)c5ncnc(N)c45)cc3)nc2c1. The highest BCUT2D eigenvalue weighted by molar-refractivity contribution is 7.21. The normalized spacial score (nSPS) is 21.0. The second-order valence-corrected chi connectivity index (χ2v) is 12.6. The summed E-state index contributed by atoms with van der Waals surface area (Å²) in [6, 6.07) is 13.9. The second-order valence-electron chi connectivity index (χ2n) is 11.6. The van der Waals surface area contributed by atoms with Gasteiger partial charge in [-0.1, -0.05) is 30.3 Å². The lowest BCUT2D eigenvalue weighted by Gasteiger charge is -2.41. The third-order valence-electron chi connectivity index (χ3n) is 8.81. The van der Waals surface area contributed by atoms with Gasteiger partial charge in [-0.2, -0.15) is 5.10 Å². The zero-order valence-electron chi connectivity index (χ0n) is 23.5. The van der Waals surface area contributed by atoms with Gasteiger partial charge in [-0.15, -0.1) is 11.3 Å². The molecule has 206 valence electrons. The number of nitrogens with two attached hydrogens (primary N) is 1. The minimum atomic E-state index is 0.322. The maximum atomic E-state index is 6.43. The molecule has 4 heterocycles. The van der Waals surface area contributed by atoms with Gasteiger partial charge in [0.2, 0.25) is 0 Å². The molecule has 8 nitrogen and oxygen atoms in total. The van der Waals surface area contributed by atoms with E-state index in [2.05, 4.69) is 81.7 Å². The zero-order valence-corrected chi connectivity index (χ0v) is 24.3. The molecule has 0 radical (unpaired) electrons. The average molecular weight is 553 g/mol. The fourth-order valence-corrected chi connectivity index (χ4v) is 7.60. The van der Waals surface area contributed by atoms with Crippen LogP contribution in [0.4, 0.5) is 5.82 Å². The van der Waals surface area contributed by atoms with Crippen LogP contribution in [0.5, 0.6) is 0 Å². The number of piperazine rings is 1. The second kappa shape index (κ2) is 10.2. The molecule has 0 spiro atoms. The third kappa shape index (κ3) is 4.56. The topological polar surface area (TPSA) is 89.0 Å². The van der Waals surface area contributed by atoms with Crippen molar-refractivity contribution in [2.24, 2.45) is 0 Å². The Balaban J connectivity index is 1.17. The standard InChI is InChI=1S/C31H36N8S/c1-19-16-20(2)28-25(17-19)35-31(40-28)22-6-4-21(5-7-22)27-26-29(32)33-18-34-30(26)39(36-27)24-10-8-23(9-11-24)38-14-12-37(3)13-15-38/h4-7,16-18,23-24H,8-15H2,1-3H3,(H2,32,33,34). The molecule has 0 bridgehead atoms. The Bertz CT molecular complexity index is 1670. The van der Waals surface area contributed by atoms with E-state index in [0.29, 0.717) is 17.9 Å². The molecule has 2 N–H and O–H groups in total. The van der Waals surface area contributed by atoms with Crippen LogP contribution < -0.4 is 5.73 Å². The molecule has 2 fully saturated rings. The largest absolute Gasteiger partial charge is 0.383 e. The lowest BCUT2D eigenvalue weighted by atomic mass is 9.90. The number of aryl methyl sites for hydroxylation is 2. The molecule has 5 aromatic rings. The number of likely N-dealkylation sites (N-methyl/N-ethyl adjacent to an activating group) is 1. The molecule has 40 heavy (non-hydrogen) atoms. The Morgan fingerprint density at radius 2 is 1.57 bits per heavy atom. The van der Waals surface area contributed by atoms with Gasteiger partial charge in [-0.3, -0.25) is 4.90 Å². The van der Waals surface area contributed by atoms with Gasteiger partial charge in [0, 0.05) is 43.3 Å². The van der Waals surface area contributed by atoms with Crippen LogP contribution in [0.1, 0.15) is 42.9 Å². The maximum Gasteiger partial charge on any atom is 0.164 e. The van der Waals surface area contributed by atoms with Crippen molar-refractivity contribution in [3.63, 3.8) is 0 Å². The number of anilines is 1. The zero-order chi connectivity index (χ0) is 27.4. The molecule has 1 saturated heterocycles. The van der Waals surface area contributed by atoms with Crippen LogP contribution in [0, 0.1) is 13.8 Å². The van der Waals surface area contributed by atoms with Crippen LogP contribution in [0.3, 0.4) is 0 Å². The summed E-state index contributed by atoms with van der Waals surface area (Å²) in [5.74, 6) is 0.485. The van der Waals surface area contributed by atoms with E-state index in [1.807, 2.05) is 0 Å². The number of benzene rings is 2. The van der Waals surface area contributed by atoms with Gasteiger partial charge in [0.05, 0.1) is 21.6 Å². The number of hydrogen-bond acceptors (Lipinski definition) is 8. The summed E-state index contributed by atoms with van der Waals surface area (Å²) in [4.78, 5) is 19.1. The van der Waals surface area contributed by atoms with E-state index in [9.17, 15) is 0 Å². The Labute approximate surface area is 238 Å². The molecule has 0 amide bonds. The van der Waals surface area contributed by atoms with E-state index >= 15 is 0 Å². The Morgan fingerprint density at radius 3 is 2.33 bits per heavy atom. The molecule has 1 aliphatic heterocycles. The minimum Gasteiger partial charge on any atom is -0.383 e. The van der Waals surface area contributed by atoms with Gasteiger partial charge in [0.15, 0.2) is 5.65 Å². The Morgan fingerprint density at radius 1 is 0.875 bits per heavy atom. The summed E-state index contributed by atoms with van der Waals surface area (Å²) < 4.78 is 3.39. The summed E-state index contributed by atoms with van der Waals surface area (Å²) in [6.07, 6.45) is 6.16. The van der Waals surface area contributed by atoms with E-state index in [1.165, 1.54) is 54.8 Å². The number of fused-ring (bicyclic) bond motifs is 2. The van der Waals surface area contributed by atoms with Gasteiger partial charge < -0.3 is 10.6 Å². The molecule has 2 aliphatic rings. The minimum absolute atomic E-state index is 0.322. The molecule has 3 aromatic heterocycles. The molecule has 1 aliphatic carbocycles. The van der Waals surface area contributed by atoms with Gasteiger partial charge >= 0.3 is 0 Å². The third-order valence-corrected chi connectivity index (χ3v) is 10.1. The van der Waals surface area contributed by atoms with Crippen molar-refractivity contribution in [3.8, 4) is 21.8 Å². The molecule has 1 saturated carbocycles. The van der Waals surface area contributed by atoms with Crippen LogP contribution in [0.2, 0.25) is 0 Å². The van der Waals surface area contributed by atoms with Gasteiger partial charge in [-0.05, 0) is 63.8 Å². The highest BCUT2D eigenvalue weighted by Gasteiger charge is 2.30. The lowest BCUT2D eigenvalue weighted by Crippen LogP contribution is -2.49. The first-order chi connectivity index (χ1) is 19.4. The molecule has 9 heteroatoms. The van der Waals surface area contributed by atoms with E-state index in [0.717, 1.165) is 51.2 Å². The van der Waals surface area contributed by atoms with Crippen molar-refractivity contribution < 1.29 is 0 Å². The number of thiazole rings is 1. The summed E-state index contributed by atoms with van der Waals surface area (Å²) >= 11 is 1.75. The Hall–Kier alpha value is -3.40. The van der Waals surface area contributed by atoms with Crippen LogP contribution in [0.15, 0.2) is 42.7 Å². The van der Waals surface area contributed by atoms with E-state index in [4.69, 9.17) is 15.8 Å². The molecule has 2 aromatic carbocycles. The summed E-state index contributed by atoms with van der Waals surface area (Å²) in [6.45, 7) is 8.97. The van der Waals surface area contributed by atoms with Gasteiger partial charge in [0.1, 0.15) is 22.8 Å². The van der Waals surface area contributed by atoms with Crippen LogP contribution in [0.25, 0.3) is 43.1 Å². The lowest BCUT2D eigenvalue weighted by molar-refractivity contribution is 0.0815. The first kappa shape index (κ1) is 25.6. The molecular weight excluding hydrogens is 516 g/mol. The van der Waals surface area contributed by atoms with Crippen LogP contribution in [-0.4, -0.2) is 73.8 Å². The van der Waals surface area contributed by atoms with Crippen molar-refractivity contribution in [3.05, 3.63) is 53.9 Å². The molecule has 0 unspecified atom stereocenters. The Kier molecular flexibility index (Phi) is 6.53. The fraction of sp³-hybridized carbons (Fsp3) is 0.419. The predicted octanol–water partition coefficient (Wildman–Crippen LogP) is 5.70. The number of nitrogen functional groups attached to an aromatic ring is 1. The monoisotopic (exact) mass is 552 g/mol. The van der Waals surface area contributed by atoms with Gasteiger partial charge in [0.25, 0.3) is 0 Å². The first-order valence-corrected chi connectivity index (χ1v) is 15.2. The molecule has 7 rings (SSSR count). The van der Waals surface area contributed by atoms with Crippen molar-refractivity contribution >= 4 is 38.4 Å². The summed E-state index contributed by atoms with van der Waals surface area (Å²) in [5, 5.41) is 7.03. The number of nitrogens with zero attached hydrogens (tertiary/aromatic N) is 7. The van der Waals surface area contributed by atoms with Crippen molar-refractivity contribution in [2.75, 3.05) is 39.0 Å². The molecular formula is C31H36N8S. The average Bonchev–Trinajstić information content (AvgIpc) is 3.57. The smallest absolute Gasteiger partial charge is 0.164 e. The predicted molar refractivity (Wildman–Crippen MR) is 164 cm³/mol. The summed E-state index contributed by atoms with van der Waals surface area (Å²) in [5.41, 5.74) is 13.9. The van der Waals surface area contributed by atoms with Crippen molar-refractivity contribution in [1.29, 1.82) is 0 Å². The van der Waals surface area contributed by atoms with Crippen LogP contribution in [-0.2, 0) is 0 Å².